The molecule has 2 aromatic heterocycles. The smallest absolute Gasteiger partial charge is 0.157 e. The fourth-order valence-corrected chi connectivity index (χ4v) is 2.66. The average molecular weight is 275 g/mol. The summed E-state index contributed by atoms with van der Waals surface area (Å²) in [6.45, 7) is 3.66. The van der Waals surface area contributed by atoms with Crippen molar-refractivity contribution in [3.63, 3.8) is 0 Å². The van der Waals surface area contributed by atoms with Crippen molar-refractivity contribution in [2.75, 3.05) is 38.3 Å². The molecule has 1 atom stereocenters. The SMILES string of the molecule is COCCN(CC1CCCN1)c1ccn2nccc2n1. The van der Waals surface area contributed by atoms with Crippen LogP contribution in [0.1, 0.15) is 12.8 Å². The van der Waals surface area contributed by atoms with Gasteiger partial charge in [0.2, 0.25) is 0 Å². The molecule has 1 fully saturated rings. The average Bonchev–Trinajstić information content (AvgIpc) is 3.13. The van der Waals surface area contributed by atoms with E-state index in [1.807, 2.05) is 18.3 Å². The molecular weight excluding hydrogens is 254 g/mol. The Hall–Kier alpha value is -1.66. The fraction of sp³-hybridized carbons (Fsp3) is 0.571. The molecule has 6 nitrogen and oxygen atoms in total. The Morgan fingerprint density at radius 1 is 1.50 bits per heavy atom. The molecule has 1 N–H and O–H groups in total. The molecule has 1 unspecified atom stereocenters. The molecule has 0 radical (unpaired) electrons. The maximum Gasteiger partial charge on any atom is 0.157 e. The van der Waals surface area contributed by atoms with Crippen LogP contribution in [0.5, 0.6) is 0 Å². The molecule has 0 aliphatic carbocycles. The van der Waals surface area contributed by atoms with Gasteiger partial charge in [-0.15, -0.1) is 0 Å². The van der Waals surface area contributed by atoms with Gasteiger partial charge in [0.25, 0.3) is 0 Å². The van der Waals surface area contributed by atoms with Crippen LogP contribution in [-0.2, 0) is 4.74 Å². The van der Waals surface area contributed by atoms with Gasteiger partial charge in [-0.25, -0.2) is 9.50 Å². The predicted molar refractivity (Wildman–Crippen MR) is 78.1 cm³/mol. The number of aromatic nitrogens is 3. The third-order valence-electron chi connectivity index (χ3n) is 3.74. The zero-order chi connectivity index (χ0) is 13.8. The highest BCUT2D eigenvalue weighted by atomic mass is 16.5. The zero-order valence-corrected chi connectivity index (χ0v) is 11.8. The van der Waals surface area contributed by atoms with E-state index in [-0.39, 0.29) is 0 Å². The lowest BCUT2D eigenvalue weighted by Gasteiger charge is -2.26. The Kier molecular flexibility index (Phi) is 4.13. The van der Waals surface area contributed by atoms with Gasteiger partial charge in [0.1, 0.15) is 5.82 Å². The summed E-state index contributed by atoms with van der Waals surface area (Å²) in [5.74, 6) is 0.990. The summed E-state index contributed by atoms with van der Waals surface area (Å²) in [5, 5.41) is 7.72. The van der Waals surface area contributed by atoms with Gasteiger partial charge in [0.05, 0.1) is 12.8 Å². The second-order valence-electron chi connectivity index (χ2n) is 5.15. The van der Waals surface area contributed by atoms with E-state index < -0.39 is 0 Å². The number of nitrogens with one attached hydrogen (secondary N) is 1. The minimum absolute atomic E-state index is 0.551. The molecule has 0 bridgehead atoms. The van der Waals surface area contributed by atoms with Crippen molar-refractivity contribution in [1.29, 1.82) is 0 Å². The topological polar surface area (TPSA) is 54.7 Å². The molecular formula is C14H21N5O. The van der Waals surface area contributed by atoms with Crippen molar-refractivity contribution in [1.82, 2.24) is 19.9 Å². The van der Waals surface area contributed by atoms with E-state index >= 15 is 0 Å². The Morgan fingerprint density at radius 2 is 2.45 bits per heavy atom. The lowest BCUT2D eigenvalue weighted by Crippen LogP contribution is -2.39. The first kappa shape index (κ1) is 13.3. The molecule has 0 aromatic carbocycles. The lowest BCUT2D eigenvalue weighted by molar-refractivity contribution is 0.204. The van der Waals surface area contributed by atoms with Crippen LogP contribution in [0.15, 0.2) is 24.5 Å². The Bertz CT molecular complexity index is 549. The number of nitrogens with zero attached hydrogens (tertiary/aromatic N) is 4. The predicted octanol–water partition coefficient (Wildman–Crippen LogP) is 0.934. The monoisotopic (exact) mass is 275 g/mol. The molecule has 20 heavy (non-hydrogen) atoms. The summed E-state index contributed by atoms with van der Waals surface area (Å²) in [6, 6.07) is 4.49. The van der Waals surface area contributed by atoms with Gasteiger partial charge in [0, 0.05) is 38.5 Å². The third-order valence-corrected chi connectivity index (χ3v) is 3.74. The van der Waals surface area contributed by atoms with Gasteiger partial charge < -0.3 is 15.0 Å². The number of hydrogen-bond donors (Lipinski definition) is 1. The largest absolute Gasteiger partial charge is 0.383 e. The van der Waals surface area contributed by atoms with Crippen molar-refractivity contribution >= 4 is 11.5 Å². The Labute approximate surface area is 118 Å². The fourth-order valence-electron chi connectivity index (χ4n) is 2.66. The highest BCUT2D eigenvalue weighted by Gasteiger charge is 2.19. The summed E-state index contributed by atoms with van der Waals surface area (Å²) >= 11 is 0. The van der Waals surface area contributed by atoms with Crippen molar-refractivity contribution in [2.45, 2.75) is 18.9 Å². The lowest BCUT2D eigenvalue weighted by atomic mass is 10.2. The highest BCUT2D eigenvalue weighted by Crippen LogP contribution is 2.15. The summed E-state index contributed by atoms with van der Waals surface area (Å²) in [5.41, 5.74) is 0.879. The van der Waals surface area contributed by atoms with Gasteiger partial charge in [-0.3, -0.25) is 0 Å². The van der Waals surface area contributed by atoms with Crippen LogP contribution in [0.3, 0.4) is 0 Å². The van der Waals surface area contributed by atoms with E-state index in [0.29, 0.717) is 12.6 Å². The molecule has 2 aromatic rings. The van der Waals surface area contributed by atoms with Crippen LogP contribution in [0.2, 0.25) is 0 Å². The number of ether oxygens (including phenoxy) is 1. The maximum atomic E-state index is 5.22. The van der Waals surface area contributed by atoms with Crippen LogP contribution in [-0.4, -0.2) is 54.0 Å². The van der Waals surface area contributed by atoms with Gasteiger partial charge in [0.15, 0.2) is 5.65 Å². The van der Waals surface area contributed by atoms with Gasteiger partial charge >= 0.3 is 0 Å². The normalized spacial score (nSPS) is 18.8. The van der Waals surface area contributed by atoms with Crippen molar-refractivity contribution < 1.29 is 4.74 Å². The summed E-state index contributed by atoms with van der Waals surface area (Å²) in [7, 11) is 1.74. The first-order valence-corrected chi connectivity index (χ1v) is 7.14. The van der Waals surface area contributed by atoms with Crippen LogP contribution in [0, 0.1) is 0 Å². The molecule has 6 heteroatoms. The van der Waals surface area contributed by atoms with E-state index in [2.05, 4.69) is 20.3 Å². The third kappa shape index (κ3) is 2.91. The Balaban J connectivity index is 1.78. The second-order valence-corrected chi connectivity index (χ2v) is 5.15. The molecule has 0 amide bonds. The van der Waals surface area contributed by atoms with Gasteiger partial charge in [-0.05, 0) is 25.5 Å². The van der Waals surface area contributed by atoms with E-state index in [1.54, 1.807) is 17.8 Å². The van der Waals surface area contributed by atoms with E-state index in [4.69, 9.17) is 4.74 Å². The number of hydrogen-bond acceptors (Lipinski definition) is 5. The van der Waals surface area contributed by atoms with Crippen molar-refractivity contribution in [3.05, 3.63) is 24.5 Å². The summed E-state index contributed by atoms with van der Waals surface area (Å²) in [6.07, 6.45) is 6.22. The molecule has 0 spiro atoms. The summed E-state index contributed by atoms with van der Waals surface area (Å²) in [4.78, 5) is 6.96. The molecule has 0 saturated carbocycles. The van der Waals surface area contributed by atoms with Crippen LogP contribution in [0.25, 0.3) is 5.65 Å². The quantitative estimate of drug-likeness (QED) is 0.850. The maximum absolute atomic E-state index is 5.22. The molecule has 108 valence electrons. The van der Waals surface area contributed by atoms with Crippen molar-refractivity contribution in [3.8, 4) is 0 Å². The second kappa shape index (κ2) is 6.19. The first-order valence-electron chi connectivity index (χ1n) is 7.14. The minimum atomic E-state index is 0.551. The first-order chi connectivity index (χ1) is 9.86. The molecule has 3 heterocycles. The van der Waals surface area contributed by atoms with Crippen LogP contribution >= 0.6 is 0 Å². The minimum Gasteiger partial charge on any atom is -0.383 e. The van der Waals surface area contributed by atoms with Crippen molar-refractivity contribution in [2.24, 2.45) is 0 Å². The molecule has 1 aliphatic rings. The molecule has 1 saturated heterocycles. The zero-order valence-electron chi connectivity index (χ0n) is 11.8. The Morgan fingerprint density at radius 3 is 3.25 bits per heavy atom. The number of methoxy groups -OCH3 is 1. The van der Waals surface area contributed by atoms with E-state index in [9.17, 15) is 0 Å². The number of rotatable bonds is 6. The van der Waals surface area contributed by atoms with E-state index in [0.717, 1.165) is 31.1 Å². The summed E-state index contributed by atoms with van der Waals surface area (Å²) < 4.78 is 7.01. The highest BCUT2D eigenvalue weighted by molar-refractivity contribution is 5.47. The van der Waals surface area contributed by atoms with Crippen LogP contribution < -0.4 is 10.2 Å². The van der Waals surface area contributed by atoms with Gasteiger partial charge in [-0.1, -0.05) is 0 Å². The van der Waals surface area contributed by atoms with Gasteiger partial charge in [-0.2, -0.15) is 5.10 Å². The number of fused-ring (bicyclic) bond motifs is 1. The van der Waals surface area contributed by atoms with Crippen LogP contribution in [0.4, 0.5) is 5.82 Å². The molecule has 3 rings (SSSR count). The standard InChI is InChI=1S/C14H21N5O/c1-20-10-9-18(11-12-3-2-6-15-12)13-5-8-19-14(17-13)4-7-16-19/h4-5,7-8,12,15H,2-3,6,9-11H2,1H3. The molecule has 1 aliphatic heterocycles. The number of anilines is 1. The van der Waals surface area contributed by atoms with E-state index in [1.165, 1.54) is 12.8 Å².